The molecule has 1 aromatic heterocycles. The first-order valence-corrected chi connectivity index (χ1v) is 7.39. The summed E-state index contributed by atoms with van der Waals surface area (Å²) in [5.74, 6) is -0.0346. The van der Waals surface area contributed by atoms with Crippen molar-refractivity contribution in [1.82, 2.24) is 9.88 Å². The minimum Gasteiger partial charge on any atom is -0.478 e. The molecule has 0 saturated carbocycles. The summed E-state index contributed by atoms with van der Waals surface area (Å²) in [6.07, 6.45) is 2.65. The van der Waals surface area contributed by atoms with Crippen LogP contribution >= 0.6 is 0 Å². The van der Waals surface area contributed by atoms with E-state index in [2.05, 4.69) is 9.88 Å². The molecule has 1 aromatic carbocycles. The van der Waals surface area contributed by atoms with Crippen LogP contribution in [0, 0.1) is 0 Å². The molecule has 0 aliphatic carbocycles. The summed E-state index contributed by atoms with van der Waals surface area (Å²) in [7, 11) is 0. The Morgan fingerprint density at radius 2 is 2.14 bits per heavy atom. The fraction of sp³-hybridized carbons (Fsp3) is 0.294. The molecule has 0 unspecified atom stereocenters. The number of carbonyl (C=O) groups is 1. The number of nitrogen functional groups attached to an aromatic ring is 1. The fourth-order valence-electron chi connectivity index (χ4n) is 3.10. The zero-order valence-electron chi connectivity index (χ0n) is 12.3. The third-order valence-electron chi connectivity index (χ3n) is 4.22. The summed E-state index contributed by atoms with van der Waals surface area (Å²) in [5, 5.41) is 9.33. The molecule has 5 heteroatoms. The maximum absolute atomic E-state index is 11.4. The van der Waals surface area contributed by atoms with Gasteiger partial charge >= 0.3 is 5.97 Å². The van der Waals surface area contributed by atoms with Crippen LogP contribution in [0.3, 0.4) is 0 Å². The Hall–Kier alpha value is -2.40. The molecule has 1 saturated heterocycles. The topological polar surface area (TPSA) is 79.5 Å². The molecule has 22 heavy (non-hydrogen) atoms. The van der Waals surface area contributed by atoms with Crippen molar-refractivity contribution in [3.05, 3.63) is 59.3 Å². The number of hydrogen-bond acceptors (Lipinski definition) is 4. The van der Waals surface area contributed by atoms with Gasteiger partial charge < -0.3 is 10.8 Å². The molecular weight excluding hydrogens is 278 g/mol. The van der Waals surface area contributed by atoms with Gasteiger partial charge in [0.1, 0.15) is 5.82 Å². The molecule has 1 aliphatic rings. The predicted octanol–water partition coefficient (Wildman–Crippen LogP) is 2.35. The summed E-state index contributed by atoms with van der Waals surface area (Å²) in [6.45, 7) is 2.54. The highest BCUT2D eigenvalue weighted by Gasteiger charge is 2.27. The number of nitrogens with two attached hydrogens (primary N) is 1. The van der Waals surface area contributed by atoms with Crippen LogP contribution < -0.4 is 5.73 Å². The zero-order chi connectivity index (χ0) is 15.5. The van der Waals surface area contributed by atoms with Crippen molar-refractivity contribution < 1.29 is 9.90 Å². The minimum atomic E-state index is -0.856. The maximum atomic E-state index is 11.4. The molecule has 1 atom stereocenters. The van der Waals surface area contributed by atoms with E-state index < -0.39 is 5.97 Å². The number of pyridine rings is 1. The molecule has 3 rings (SSSR count). The van der Waals surface area contributed by atoms with Crippen LogP contribution in [0.15, 0.2) is 42.6 Å². The van der Waals surface area contributed by atoms with Gasteiger partial charge in [0, 0.05) is 24.8 Å². The van der Waals surface area contributed by atoms with Gasteiger partial charge in [-0.3, -0.25) is 4.90 Å². The lowest BCUT2D eigenvalue weighted by Gasteiger charge is -2.17. The highest BCUT2D eigenvalue weighted by Crippen LogP contribution is 2.30. The van der Waals surface area contributed by atoms with E-state index in [0.29, 0.717) is 11.4 Å². The largest absolute Gasteiger partial charge is 0.478 e. The lowest BCUT2D eigenvalue weighted by atomic mass is 9.93. The number of likely N-dealkylation sites (tertiary alicyclic amines) is 1. The van der Waals surface area contributed by atoms with Crippen molar-refractivity contribution in [1.29, 1.82) is 0 Å². The highest BCUT2D eigenvalue weighted by molar-refractivity contribution is 5.89. The van der Waals surface area contributed by atoms with Gasteiger partial charge in [-0.1, -0.05) is 24.3 Å². The minimum absolute atomic E-state index is 0.255. The second kappa shape index (κ2) is 6.15. The number of aromatic nitrogens is 1. The standard InChI is InChI=1S/C17H19N3O2/c18-16-13(4-3-8-19-16)11-20-9-7-12(10-20)14-5-1-2-6-15(14)17(21)22/h1-6,8,12H,7,9-11H2,(H2,18,19)(H,21,22)/t12-/m1/s1. The number of nitrogens with zero attached hydrogens (tertiary/aromatic N) is 2. The Balaban J connectivity index is 1.73. The summed E-state index contributed by atoms with van der Waals surface area (Å²) in [5.41, 5.74) is 8.26. The van der Waals surface area contributed by atoms with E-state index in [0.717, 1.165) is 37.2 Å². The molecule has 0 amide bonds. The monoisotopic (exact) mass is 297 g/mol. The SMILES string of the molecule is Nc1ncccc1CN1CC[C@@H](c2ccccc2C(=O)O)C1. The van der Waals surface area contributed by atoms with E-state index in [9.17, 15) is 9.90 Å². The van der Waals surface area contributed by atoms with Gasteiger partial charge in [0.25, 0.3) is 0 Å². The number of rotatable bonds is 4. The Morgan fingerprint density at radius 1 is 1.32 bits per heavy atom. The van der Waals surface area contributed by atoms with Gasteiger partial charge in [0.15, 0.2) is 0 Å². The second-order valence-corrected chi connectivity index (χ2v) is 5.66. The first-order valence-electron chi connectivity index (χ1n) is 7.39. The van der Waals surface area contributed by atoms with Gasteiger partial charge in [-0.25, -0.2) is 9.78 Å². The third-order valence-corrected chi connectivity index (χ3v) is 4.22. The van der Waals surface area contributed by atoms with Crippen LogP contribution in [0.1, 0.15) is 33.8 Å². The van der Waals surface area contributed by atoms with Crippen molar-refractivity contribution in [2.45, 2.75) is 18.9 Å². The van der Waals surface area contributed by atoms with Crippen LogP contribution in [0.5, 0.6) is 0 Å². The predicted molar refractivity (Wildman–Crippen MR) is 84.7 cm³/mol. The molecular formula is C17H19N3O2. The molecule has 2 heterocycles. The van der Waals surface area contributed by atoms with Crippen molar-refractivity contribution in [3.63, 3.8) is 0 Å². The van der Waals surface area contributed by atoms with Gasteiger partial charge in [-0.05, 0) is 36.6 Å². The van der Waals surface area contributed by atoms with E-state index in [-0.39, 0.29) is 5.92 Å². The number of anilines is 1. The number of carboxylic acid groups (broad SMARTS) is 1. The Morgan fingerprint density at radius 3 is 2.91 bits per heavy atom. The van der Waals surface area contributed by atoms with Crippen LogP contribution in [0.25, 0.3) is 0 Å². The normalized spacial score (nSPS) is 18.5. The molecule has 1 aliphatic heterocycles. The average molecular weight is 297 g/mol. The molecule has 114 valence electrons. The van der Waals surface area contributed by atoms with E-state index in [4.69, 9.17) is 5.73 Å². The summed E-state index contributed by atoms with van der Waals surface area (Å²) < 4.78 is 0. The Bertz CT molecular complexity index is 687. The molecule has 1 fully saturated rings. The van der Waals surface area contributed by atoms with Crippen LogP contribution in [-0.2, 0) is 6.54 Å². The molecule has 5 nitrogen and oxygen atoms in total. The number of hydrogen-bond donors (Lipinski definition) is 2. The average Bonchev–Trinajstić information content (AvgIpc) is 2.98. The van der Waals surface area contributed by atoms with Crippen LogP contribution in [0.4, 0.5) is 5.82 Å². The summed E-state index contributed by atoms with van der Waals surface area (Å²) in [4.78, 5) is 17.8. The zero-order valence-corrected chi connectivity index (χ0v) is 12.3. The quantitative estimate of drug-likeness (QED) is 0.905. The number of benzene rings is 1. The van der Waals surface area contributed by atoms with Gasteiger partial charge in [-0.15, -0.1) is 0 Å². The number of aromatic carboxylic acids is 1. The van der Waals surface area contributed by atoms with E-state index in [1.165, 1.54) is 0 Å². The van der Waals surface area contributed by atoms with E-state index >= 15 is 0 Å². The van der Waals surface area contributed by atoms with Crippen molar-refractivity contribution in [2.24, 2.45) is 0 Å². The Kier molecular flexibility index (Phi) is 4.06. The first kappa shape index (κ1) is 14.5. The lowest BCUT2D eigenvalue weighted by Crippen LogP contribution is -2.21. The van der Waals surface area contributed by atoms with Crippen molar-refractivity contribution >= 4 is 11.8 Å². The molecule has 3 N–H and O–H groups in total. The first-order chi connectivity index (χ1) is 10.6. The van der Waals surface area contributed by atoms with Crippen LogP contribution in [-0.4, -0.2) is 34.0 Å². The van der Waals surface area contributed by atoms with Gasteiger partial charge in [0.05, 0.1) is 5.56 Å². The molecule has 0 radical (unpaired) electrons. The fourth-order valence-corrected chi connectivity index (χ4v) is 3.10. The molecule has 0 spiro atoms. The highest BCUT2D eigenvalue weighted by atomic mass is 16.4. The van der Waals surface area contributed by atoms with Gasteiger partial charge in [0.2, 0.25) is 0 Å². The van der Waals surface area contributed by atoms with Crippen molar-refractivity contribution in [3.8, 4) is 0 Å². The second-order valence-electron chi connectivity index (χ2n) is 5.66. The van der Waals surface area contributed by atoms with E-state index in [1.807, 2.05) is 24.3 Å². The lowest BCUT2D eigenvalue weighted by molar-refractivity contribution is 0.0695. The molecule has 2 aromatic rings. The summed E-state index contributed by atoms with van der Waals surface area (Å²) in [6, 6.07) is 11.2. The number of carboxylic acids is 1. The smallest absolute Gasteiger partial charge is 0.335 e. The summed E-state index contributed by atoms with van der Waals surface area (Å²) >= 11 is 0. The van der Waals surface area contributed by atoms with E-state index in [1.54, 1.807) is 18.3 Å². The Labute approximate surface area is 129 Å². The molecule has 0 bridgehead atoms. The van der Waals surface area contributed by atoms with Crippen molar-refractivity contribution in [2.75, 3.05) is 18.8 Å². The maximum Gasteiger partial charge on any atom is 0.335 e. The van der Waals surface area contributed by atoms with Gasteiger partial charge in [-0.2, -0.15) is 0 Å². The third kappa shape index (κ3) is 2.94. The van der Waals surface area contributed by atoms with Crippen LogP contribution in [0.2, 0.25) is 0 Å².